The summed E-state index contributed by atoms with van der Waals surface area (Å²) in [7, 11) is 1.27. The van der Waals surface area contributed by atoms with E-state index in [1.54, 1.807) is 6.92 Å². The molecule has 0 bridgehead atoms. The van der Waals surface area contributed by atoms with Crippen LogP contribution in [0.1, 0.15) is 27.7 Å². The molecule has 0 aliphatic rings. The summed E-state index contributed by atoms with van der Waals surface area (Å²) in [6.07, 6.45) is 0. The Bertz CT molecular complexity index is 246. The van der Waals surface area contributed by atoms with Gasteiger partial charge in [0.05, 0.1) is 13.2 Å². The van der Waals surface area contributed by atoms with Gasteiger partial charge in [0.15, 0.2) is 0 Å². The molecule has 1 unspecified atom stereocenters. The number of carbonyl (C=O) groups excluding carboxylic acids is 2. The van der Waals surface area contributed by atoms with Crippen molar-refractivity contribution in [2.45, 2.75) is 39.8 Å². The van der Waals surface area contributed by atoms with Gasteiger partial charge >= 0.3 is 5.97 Å². The van der Waals surface area contributed by atoms with Crippen molar-refractivity contribution < 1.29 is 14.3 Å². The Kier molecular flexibility index (Phi) is 4.74. The van der Waals surface area contributed by atoms with Gasteiger partial charge in [-0.2, -0.15) is 0 Å². The summed E-state index contributed by atoms with van der Waals surface area (Å²) in [5, 5.41) is 2.50. The summed E-state index contributed by atoms with van der Waals surface area (Å²) < 4.78 is 4.48. The Morgan fingerprint density at radius 2 is 1.80 bits per heavy atom. The van der Waals surface area contributed by atoms with Crippen molar-refractivity contribution in [2.75, 3.05) is 7.11 Å². The third-order valence-electron chi connectivity index (χ3n) is 2.13. The van der Waals surface area contributed by atoms with Crippen molar-refractivity contribution in [1.29, 1.82) is 0 Å². The fourth-order valence-corrected chi connectivity index (χ4v) is 0.932. The van der Waals surface area contributed by atoms with Crippen molar-refractivity contribution >= 4 is 11.9 Å². The van der Waals surface area contributed by atoms with Gasteiger partial charge in [-0.1, -0.05) is 20.8 Å². The number of methoxy groups -OCH3 is 1. The summed E-state index contributed by atoms with van der Waals surface area (Å²) in [4.78, 5) is 22.6. The molecule has 0 saturated carbocycles. The predicted octanol–water partition coefficient (Wildman–Crippen LogP) is 0.0375. The summed E-state index contributed by atoms with van der Waals surface area (Å²) in [6, 6.07) is -1.32. The maximum absolute atomic E-state index is 11.6. The van der Waals surface area contributed by atoms with Crippen LogP contribution >= 0.6 is 0 Å². The standard InChI is InChI=1S/C10H20N2O3/c1-6(9(14)15-5)12-8(13)7(11)10(2,3)4/h6-7H,11H2,1-5H3,(H,12,13)/t6?,7-/m0/s1. The molecule has 0 fully saturated rings. The maximum Gasteiger partial charge on any atom is 0.328 e. The Morgan fingerprint density at radius 3 is 2.13 bits per heavy atom. The topological polar surface area (TPSA) is 81.4 Å². The molecule has 0 radical (unpaired) electrons. The Balaban J connectivity index is 4.32. The largest absolute Gasteiger partial charge is 0.467 e. The molecule has 0 spiro atoms. The van der Waals surface area contributed by atoms with Crippen molar-refractivity contribution in [3.05, 3.63) is 0 Å². The fourth-order valence-electron chi connectivity index (χ4n) is 0.932. The number of hydrogen-bond donors (Lipinski definition) is 2. The highest BCUT2D eigenvalue weighted by molar-refractivity contribution is 5.87. The van der Waals surface area contributed by atoms with Crippen LogP contribution in [0.5, 0.6) is 0 Å². The van der Waals surface area contributed by atoms with Crippen LogP contribution in [0.2, 0.25) is 0 Å². The van der Waals surface area contributed by atoms with Gasteiger partial charge in [0.1, 0.15) is 6.04 Å². The summed E-state index contributed by atoms with van der Waals surface area (Å²) >= 11 is 0. The lowest BCUT2D eigenvalue weighted by Gasteiger charge is -2.26. The van der Waals surface area contributed by atoms with E-state index in [2.05, 4.69) is 10.1 Å². The minimum Gasteiger partial charge on any atom is -0.467 e. The van der Waals surface area contributed by atoms with Crippen molar-refractivity contribution in [3.8, 4) is 0 Å². The molecule has 0 aliphatic carbocycles. The van der Waals surface area contributed by atoms with Gasteiger partial charge in [0.2, 0.25) is 5.91 Å². The van der Waals surface area contributed by atoms with Crippen LogP contribution in [0, 0.1) is 5.41 Å². The highest BCUT2D eigenvalue weighted by atomic mass is 16.5. The van der Waals surface area contributed by atoms with Gasteiger partial charge in [-0.25, -0.2) is 4.79 Å². The minimum absolute atomic E-state index is 0.333. The van der Waals surface area contributed by atoms with Crippen LogP contribution < -0.4 is 11.1 Å². The lowest BCUT2D eigenvalue weighted by atomic mass is 9.87. The monoisotopic (exact) mass is 216 g/mol. The van der Waals surface area contributed by atoms with Gasteiger partial charge in [-0.05, 0) is 12.3 Å². The zero-order valence-electron chi connectivity index (χ0n) is 9.96. The molecular formula is C10H20N2O3. The van der Waals surface area contributed by atoms with E-state index in [9.17, 15) is 9.59 Å². The first kappa shape index (κ1) is 13.9. The van der Waals surface area contributed by atoms with Gasteiger partial charge in [-0.15, -0.1) is 0 Å². The molecule has 0 aromatic rings. The molecule has 0 saturated heterocycles. The molecule has 0 rings (SSSR count). The number of amides is 1. The minimum atomic E-state index is -0.670. The van der Waals surface area contributed by atoms with Crippen LogP contribution in [-0.4, -0.2) is 31.1 Å². The second-order valence-electron chi connectivity index (χ2n) is 4.60. The normalized spacial score (nSPS) is 15.3. The van der Waals surface area contributed by atoms with E-state index in [-0.39, 0.29) is 11.3 Å². The second-order valence-corrected chi connectivity index (χ2v) is 4.60. The number of esters is 1. The number of hydrogen-bond acceptors (Lipinski definition) is 4. The van der Waals surface area contributed by atoms with Gasteiger partial charge in [0.25, 0.3) is 0 Å². The highest BCUT2D eigenvalue weighted by Gasteiger charge is 2.29. The van der Waals surface area contributed by atoms with Crippen LogP contribution in [0.15, 0.2) is 0 Å². The fraction of sp³-hybridized carbons (Fsp3) is 0.800. The molecule has 2 atom stereocenters. The number of rotatable bonds is 3. The first-order valence-electron chi connectivity index (χ1n) is 4.84. The predicted molar refractivity (Wildman–Crippen MR) is 57.1 cm³/mol. The van der Waals surface area contributed by atoms with E-state index >= 15 is 0 Å². The average Bonchev–Trinajstić information content (AvgIpc) is 2.13. The molecule has 1 amide bonds. The van der Waals surface area contributed by atoms with Crippen LogP contribution in [0.3, 0.4) is 0 Å². The van der Waals surface area contributed by atoms with Crippen molar-refractivity contribution in [2.24, 2.45) is 11.1 Å². The summed E-state index contributed by atoms with van der Waals surface area (Å²) in [6.45, 7) is 7.14. The summed E-state index contributed by atoms with van der Waals surface area (Å²) in [5.74, 6) is -0.829. The smallest absolute Gasteiger partial charge is 0.328 e. The van der Waals surface area contributed by atoms with Gasteiger partial charge < -0.3 is 15.8 Å². The number of nitrogens with two attached hydrogens (primary N) is 1. The van der Waals surface area contributed by atoms with E-state index in [0.29, 0.717) is 0 Å². The Morgan fingerprint density at radius 1 is 1.33 bits per heavy atom. The zero-order valence-corrected chi connectivity index (χ0v) is 9.96. The van der Waals surface area contributed by atoms with Gasteiger partial charge in [-0.3, -0.25) is 4.79 Å². The highest BCUT2D eigenvalue weighted by Crippen LogP contribution is 2.17. The zero-order chi connectivity index (χ0) is 12.2. The molecule has 0 aromatic carbocycles. The average molecular weight is 216 g/mol. The number of ether oxygens (including phenoxy) is 1. The molecule has 3 N–H and O–H groups in total. The van der Waals surface area contributed by atoms with E-state index in [1.807, 2.05) is 20.8 Å². The number of nitrogens with one attached hydrogen (secondary N) is 1. The second kappa shape index (κ2) is 5.11. The van der Waals surface area contributed by atoms with Crippen LogP contribution in [0.25, 0.3) is 0 Å². The third kappa shape index (κ3) is 4.29. The van der Waals surface area contributed by atoms with E-state index in [4.69, 9.17) is 5.73 Å². The maximum atomic E-state index is 11.6. The lowest BCUT2D eigenvalue weighted by Crippen LogP contribution is -2.52. The van der Waals surface area contributed by atoms with E-state index in [1.165, 1.54) is 7.11 Å². The SMILES string of the molecule is COC(=O)C(C)NC(=O)[C@H](N)C(C)(C)C. The quantitative estimate of drug-likeness (QED) is 0.652. The molecule has 15 heavy (non-hydrogen) atoms. The number of carbonyl (C=O) groups is 2. The van der Waals surface area contributed by atoms with Gasteiger partial charge in [0, 0.05) is 0 Å². The van der Waals surface area contributed by atoms with E-state index < -0.39 is 18.1 Å². The van der Waals surface area contributed by atoms with Crippen LogP contribution in [0.4, 0.5) is 0 Å². The van der Waals surface area contributed by atoms with Crippen LogP contribution in [-0.2, 0) is 14.3 Å². The first-order chi connectivity index (χ1) is 6.70. The molecule has 5 nitrogen and oxygen atoms in total. The molecular weight excluding hydrogens is 196 g/mol. The Labute approximate surface area is 90.4 Å². The first-order valence-corrected chi connectivity index (χ1v) is 4.84. The molecule has 5 heteroatoms. The molecule has 0 heterocycles. The molecule has 0 aromatic heterocycles. The lowest BCUT2D eigenvalue weighted by molar-refractivity contribution is -0.145. The molecule has 0 aliphatic heterocycles. The third-order valence-corrected chi connectivity index (χ3v) is 2.13. The van der Waals surface area contributed by atoms with Crippen molar-refractivity contribution in [1.82, 2.24) is 5.32 Å². The van der Waals surface area contributed by atoms with E-state index in [0.717, 1.165) is 0 Å². The van der Waals surface area contributed by atoms with Crippen molar-refractivity contribution in [3.63, 3.8) is 0 Å². The Hall–Kier alpha value is -1.10. The summed E-state index contributed by atoms with van der Waals surface area (Å²) in [5.41, 5.74) is 5.39. The molecule has 88 valence electrons.